The second-order valence-electron chi connectivity index (χ2n) is 8.97. The van der Waals surface area contributed by atoms with Crippen molar-refractivity contribution in [2.75, 3.05) is 16.4 Å². The van der Waals surface area contributed by atoms with E-state index in [1.807, 2.05) is 24.3 Å². The van der Waals surface area contributed by atoms with E-state index in [2.05, 4.69) is 20.9 Å². The first-order valence-electron chi connectivity index (χ1n) is 12.7. The Hall–Kier alpha value is -5.15. The molecule has 0 fully saturated rings. The van der Waals surface area contributed by atoms with E-state index in [0.717, 1.165) is 21.4 Å². The van der Waals surface area contributed by atoms with E-state index in [1.54, 1.807) is 79.0 Å². The van der Waals surface area contributed by atoms with Gasteiger partial charge in [-0.1, -0.05) is 54.6 Å². The monoisotopic (exact) mass is 564 g/mol. The van der Waals surface area contributed by atoms with Crippen molar-refractivity contribution in [3.05, 3.63) is 132 Å². The average Bonchev–Trinajstić information content (AvgIpc) is 3.40. The molecule has 7 nitrogen and oxygen atoms in total. The number of hydrogen-bond donors (Lipinski definition) is 4. The van der Waals surface area contributed by atoms with Crippen LogP contribution in [0.3, 0.4) is 0 Å². The Kier molecular flexibility index (Phi) is 8.56. The van der Waals surface area contributed by atoms with Crippen molar-refractivity contribution in [1.29, 1.82) is 0 Å². The molecule has 0 spiro atoms. The molecule has 0 aliphatic carbocycles. The molecule has 1 heterocycles. The molecule has 5 aromatic rings. The summed E-state index contributed by atoms with van der Waals surface area (Å²) in [6.07, 6.45) is 3.40. The molecule has 3 amide bonds. The zero-order chi connectivity index (χ0) is 28.6. The van der Waals surface area contributed by atoms with Gasteiger partial charge in [0.1, 0.15) is 11.5 Å². The number of thioether (sulfide) groups is 1. The fourth-order valence-corrected chi connectivity index (χ4v) is 4.83. The van der Waals surface area contributed by atoms with Crippen molar-refractivity contribution in [1.82, 2.24) is 10.3 Å². The molecular formula is C32H25FN4O3S. The Labute approximate surface area is 239 Å². The van der Waals surface area contributed by atoms with E-state index >= 15 is 0 Å². The van der Waals surface area contributed by atoms with E-state index in [0.29, 0.717) is 11.3 Å². The van der Waals surface area contributed by atoms with Crippen molar-refractivity contribution in [2.45, 2.75) is 4.90 Å². The number of hydrogen-bond acceptors (Lipinski definition) is 4. The van der Waals surface area contributed by atoms with E-state index in [-0.39, 0.29) is 23.0 Å². The van der Waals surface area contributed by atoms with Gasteiger partial charge in [-0.05, 0) is 54.6 Å². The SMILES string of the molecule is O=C(CSc1cccc(NC(=O)/C(=C/c2c[nH]c3ccccc23)NC(=O)c2ccccc2)c1)Nc1ccccc1F. The fraction of sp³-hybridized carbons (Fsp3) is 0.0312. The van der Waals surface area contributed by atoms with Gasteiger partial charge in [0.15, 0.2) is 0 Å². The molecule has 0 unspecified atom stereocenters. The number of anilines is 2. The zero-order valence-electron chi connectivity index (χ0n) is 21.7. The molecule has 1 aromatic heterocycles. The molecule has 0 aliphatic heterocycles. The number of para-hydroxylation sites is 2. The third kappa shape index (κ3) is 7.09. The topological polar surface area (TPSA) is 103 Å². The second-order valence-corrected chi connectivity index (χ2v) is 10.0. The molecule has 0 radical (unpaired) electrons. The highest BCUT2D eigenvalue weighted by Gasteiger charge is 2.16. The number of rotatable bonds is 9. The third-order valence-corrected chi connectivity index (χ3v) is 7.05. The van der Waals surface area contributed by atoms with Crippen LogP contribution in [-0.4, -0.2) is 28.5 Å². The highest BCUT2D eigenvalue weighted by molar-refractivity contribution is 8.00. The number of benzene rings is 4. The maximum atomic E-state index is 13.8. The van der Waals surface area contributed by atoms with Gasteiger partial charge in [-0.2, -0.15) is 0 Å². The maximum Gasteiger partial charge on any atom is 0.272 e. The van der Waals surface area contributed by atoms with Gasteiger partial charge in [0.05, 0.1) is 11.4 Å². The van der Waals surface area contributed by atoms with Crippen LogP contribution in [0, 0.1) is 5.82 Å². The number of aromatic nitrogens is 1. The smallest absolute Gasteiger partial charge is 0.272 e. The largest absolute Gasteiger partial charge is 0.361 e. The first kappa shape index (κ1) is 27.4. The quantitative estimate of drug-likeness (QED) is 0.122. The van der Waals surface area contributed by atoms with Crippen LogP contribution in [0.5, 0.6) is 0 Å². The summed E-state index contributed by atoms with van der Waals surface area (Å²) in [6, 6.07) is 29.2. The first-order valence-corrected chi connectivity index (χ1v) is 13.7. The number of aromatic amines is 1. The van der Waals surface area contributed by atoms with E-state index in [9.17, 15) is 18.8 Å². The summed E-state index contributed by atoms with van der Waals surface area (Å²) in [6.45, 7) is 0. The van der Waals surface area contributed by atoms with Crippen LogP contribution in [0.25, 0.3) is 17.0 Å². The van der Waals surface area contributed by atoms with Crippen LogP contribution < -0.4 is 16.0 Å². The standard InChI is InChI=1S/C32H25FN4O3S/c33-26-14-5-7-16-28(26)36-30(38)20-41-24-12-8-11-23(18-24)35-32(40)29(37-31(39)21-9-2-1-3-10-21)17-22-19-34-27-15-6-4-13-25(22)27/h1-19,34H,20H2,(H,35,40)(H,36,38)(H,37,39)/b29-17-. The van der Waals surface area contributed by atoms with Crippen LogP contribution in [0.1, 0.15) is 15.9 Å². The summed E-state index contributed by atoms with van der Waals surface area (Å²) in [7, 11) is 0. The number of halogens is 1. The second kappa shape index (κ2) is 12.8. The van der Waals surface area contributed by atoms with Crippen molar-refractivity contribution in [3.8, 4) is 0 Å². The molecule has 0 bridgehead atoms. The van der Waals surface area contributed by atoms with Gasteiger partial charge in [0.2, 0.25) is 5.91 Å². The summed E-state index contributed by atoms with van der Waals surface area (Å²) in [5.41, 5.74) is 2.71. The molecule has 9 heteroatoms. The summed E-state index contributed by atoms with van der Waals surface area (Å²) in [4.78, 5) is 42.6. The van der Waals surface area contributed by atoms with E-state index < -0.39 is 17.6 Å². The van der Waals surface area contributed by atoms with Gasteiger partial charge in [-0.15, -0.1) is 11.8 Å². The molecule has 0 saturated heterocycles. The van der Waals surface area contributed by atoms with Gasteiger partial charge < -0.3 is 20.9 Å². The Balaban J connectivity index is 1.31. The molecule has 204 valence electrons. The van der Waals surface area contributed by atoms with Gasteiger partial charge in [0.25, 0.3) is 11.8 Å². The minimum absolute atomic E-state index is 0.0462. The van der Waals surface area contributed by atoms with Crippen molar-refractivity contribution >= 4 is 57.8 Å². The number of amides is 3. The number of nitrogens with one attached hydrogen (secondary N) is 4. The minimum atomic E-state index is -0.515. The number of carbonyl (C=O) groups excluding carboxylic acids is 3. The van der Waals surface area contributed by atoms with Gasteiger partial charge >= 0.3 is 0 Å². The summed E-state index contributed by atoms with van der Waals surface area (Å²) in [5, 5.41) is 9.04. The highest BCUT2D eigenvalue weighted by atomic mass is 32.2. The predicted molar refractivity (Wildman–Crippen MR) is 161 cm³/mol. The molecule has 0 atom stereocenters. The van der Waals surface area contributed by atoms with Gasteiger partial charge in [-0.3, -0.25) is 14.4 Å². The molecule has 41 heavy (non-hydrogen) atoms. The van der Waals surface area contributed by atoms with Crippen LogP contribution >= 0.6 is 11.8 Å². The maximum absolute atomic E-state index is 13.8. The van der Waals surface area contributed by atoms with Crippen molar-refractivity contribution in [3.63, 3.8) is 0 Å². The van der Waals surface area contributed by atoms with E-state index in [4.69, 9.17) is 0 Å². The summed E-state index contributed by atoms with van der Waals surface area (Å²) < 4.78 is 13.8. The summed E-state index contributed by atoms with van der Waals surface area (Å²) >= 11 is 1.24. The fourth-order valence-electron chi connectivity index (χ4n) is 4.07. The highest BCUT2D eigenvalue weighted by Crippen LogP contribution is 2.24. The first-order chi connectivity index (χ1) is 20.0. The molecule has 0 saturated carbocycles. The minimum Gasteiger partial charge on any atom is -0.361 e. The molecule has 0 aliphatic rings. The van der Waals surface area contributed by atoms with Crippen LogP contribution in [-0.2, 0) is 9.59 Å². The van der Waals surface area contributed by atoms with Gasteiger partial charge in [-0.25, -0.2) is 4.39 Å². The predicted octanol–water partition coefficient (Wildman–Crippen LogP) is 6.45. The molecule has 4 N–H and O–H groups in total. The van der Waals surface area contributed by atoms with Crippen molar-refractivity contribution < 1.29 is 18.8 Å². The Bertz CT molecular complexity index is 1750. The number of fused-ring (bicyclic) bond motifs is 1. The molecular weight excluding hydrogens is 539 g/mol. The van der Waals surface area contributed by atoms with Crippen LogP contribution in [0.4, 0.5) is 15.8 Å². The van der Waals surface area contributed by atoms with Gasteiger partial charge in [0, 0.05) is 38.8 Å². The third-order valence-electron chi connectivity index (χ3n) is 6.06. The Morgan fingerprint density at radius 1 is 0.829 bits per heavy atom. The zero-order valence-corrected chi connectivity index (χ0v) is 22.5. The van der Waals surface area contributed by atoms with Crippen LogP contribution in [0.2, 0.25) is 0 Å². The van der Waals surface area contributed by atoms with Crippen molar-refractivity contribution in [2.24, 2.45) is 0 Å². The lowest BCUT2D eigenvalue weighted by atomic mass is 10.1. The molecule has 4 aromatic carbocycles. The normalized spacial score (nSPS) is 11.2. The number of H-pyrrole nitrogens is 1. The molecule has 5 rings (SSSR count). The lowest BCUT2D eigenvalue weighted by Crippen LogP contribution is -2.30. The van der Waals surface area contributed by atoms with Crippen LogP contribution in [0.15, 0.2) is 120 Å². The summed E-state index contributed by atoms with van der Waals surface area (Å²) in [5.74, 6) is -1.76. The number of carbonyl (C=O) groups is 3. The Morgan fingerprint density at radius 2 is 1.59 bits per heavy atom. The lowest BCUT2D eigenvalue weighted by molar-refractivity contribution is -0.114. The van der Waals surface area contributed by atoms with E-state index in [1.165, 1.54) is 23.9 Å². The average molecular weight is 565 g/mol. The Morgan fingerprint density at radius 3 is 2.41 bits per heavy atom. The lowest BCUT2D eigenvalue weighted by Gasteiger charge is -2.12.